The minimum atomic E-state index is -3.55. The van der Waals surface area contributed by atoms with Gasteiger partial charge < -0.3 is 10.6 Å². The van der Waals surface area contributed by atoms with Gasteiger partial charge in [-0.2, -0.15) is 16.1 Å². The third-order valence-corrected chi connectivity index (χ3v) is 7.83. The predicted octanol–water partition coefficient (Wildman–Crippen LogP) is 2.16. The van der Waals surface area contributed by atoms with Crippen LogP contribution in [0.5, 0.6) is 0 Å². The zero-order valence-corrected chi connectivity index (χ0v) is 19.7. The number of carbonyl (C=O) groups is 2. The summed E-state index contributed by atoms with van der Waals surface area (Å²) in [6, 6.07) is 6.26. The molecule has 1 atom stereocenters. The van der Waals surface area contributed by atoms with Crippen LogP contribution in [0.4, 0.5) is 0 Å². The van der Waals surface area contributed by atoms with Gasteiger partial charge in [-0.25, -0.2) is 8.42 Å². The van der Waals surface area contributed by atoms with Crippen molar-refractivity contribution in [2.75, 3.05) is 31.6 Å². The average Bonchev–Trinajstić information content (AvgIpc) is 2.75. The second kappa shape index (κ2) is 11.7. The number of carbonyl (C=O) groups excluding carboxylic acids is 2. The fourth-order valence-corrected chi connectivity index (χ4v) is 5.32. The Morgan fingerprint density at radius 3 is 2.40 bits per heavy atom. The molecule has 30 heavy (non-hydrogen) atoms. The van der Waals surface area contributed by atoms with Crippen LogP contribution in [0.2, 0.25) is 0 Å². The SMILES string of the molecule is CCCNC(=O)[C@H](CCSC)NC(=O)C1CCN(S(=O)(=O)c2ccc(C)cc2)CC1. The summed E-state index contributed by atoms with van der Waals surface area (Å²) in [4.78, 5) is 25.4. The largest absolute Gasteiger partial charge is 0.354 e. The first-order valence-electron chi connectivity index (χ1n) is 10.4. The number of sulfonamides is 1. The van der Waals surface area contributed by atoms with Gasteiger partial charge in [0.1, 0.15) is 6.04 Å². The Morgan fingerprint density at radius 1 is 1.20 bits per heavy atom. The Kier molecular flexibility index (Phi) is 9.64. The van der Waals surface area contributed by atoms with E-state index in [1.165, 1.54) is 4.31 Å². The van der Waals surface area contributed by atoms with Gasteiger partial charge in [0.15, 0.2) is 0 Å². The molecule has 1 aromatic rings. The summed E-state index contributed by atoms with van der Waals surface area (Å²) in [6.07, 6.45) is 4.27. The smallest absolute Gasteiger partial charge is 0.243 e. The van der Waals surface area contributed by atoms with Crippen LogP contribution in [0.1, 0.15) is 38.2 Å². The van der Waals surface area contributed by atoms with E-state index in [1.54, 1.807) is 36.0 Å². The van der Waals surface area contributed by atoms with E-state index in [0.29, 0.717) is 38.9 Å². The maximum absolute atomic E-state index is 12.8. The summed E-state index contributed by atoms with van der Waals surface area (Å²) < 4.78 is 27.1. The standard InChI is InChI=1S/C21H33N3O4S2/c1-4-12-22-21(26)19(11-15-29-3)23-20(25)17-9-13-24(14-10-17)30(27,28)18-7-5-16(2)6-8-18/h5-8,17,19H,4,9-15H2,1-3H3,(H,22,26)(H,23,25)/t19-/m0/s1. The zero-order chi connectivity index (χ0) is 22.1. The van der Waals surface area contributed by atoms with Crippen molar-refractivity contribution in [3.8, 4) is 0 Å². The Balaban J connectivity index is 1.94. The third-order valence-electron chi connectivity index (χ3n) is 5.28. The quantitative estimate of drug-likeness (QED) is 0.564. The van der Waals surface area contributed by atoms with E-state index in [9.17, 15) is 18.0 Å². The number of aryl methyl sites for hydroxylation is 1. The Morgan fingerprint density at radius 2 is 1.83 bits per heavy atom. The Hall–Kier alpha value is -1.58. The Bertz CT molecular complexity index is 804. The number of hydrogen-bond acceptors (Lipinski definition) is 5. The molecule has 1 aromatic carbocycles. The van der Waals surface area contributed by atoms with Gasteiger partial charge in [-0.15, -0.1) is 0 Å². The first-order chi connectivity index (χ1) is 14.3. The van der Waals surface area contributed by atoms with Crippen molar-refractivity contribution in [1.29, 1.82) is 0 Å². The maximum atomic E-state index is 12.8. The molecule has 1 aliphatic rings. The van der Waals surface area contributed by atoms with E-state index in [-0.39, 0.29) is 22.6 Å². The van der Waals surface area contributed by atoms with E-state index in [1.807, 2.05) is 20.1 Å². The van der Waals surface area contributed by atoms with Crippen molar-refractivity contribution < 1.29 is 18.0 Å². The van der Waals surface area contributed by atoms with E-state index >= 15 is 0 Å². The number of rotatable bonds is 10. The van der Waals surface area contributed by atoms with Gasteiger partial charge in [0, 0.05) is 25.6 Å². The van der Waals surface area contributed by atoms with Gasteiger partial charge in [-0.1, -0.05) is 24.6 Å². The van der Waals surface area contributed by atoms with Crippen molar-refractivity contribution in [3.63, 3.8) is 0 Å². The van der Waals surface area contributed by atoms with Crippen molar-refractivity contribution >= 4 is 33.6 Å². The van der Waals surface area contributed by atoms with Crippen LogP contribution in [0, 0.1) is 12.8 Å². The van der Waals surface area contributed by atoms with E-state index < -0.39 is 16.1 Å². The minimum Gasteiger partial charge on any atom is -0.354 e. The highest BCUT2D eigenvalue weighted by Crippen LogP contribution is 2.24. The van der Waals surface area contributed by atoms with Crippen LogP contribution in [0.25, 0.3) is 0 Å². The molecule has 1 aliphatic heterocycles. The molecule has 2 rings (SSSR count). The summed E-state index contributed by atoms with van der Waals surface area (Å²) in [5.41, 5.74) is 1.00. The van der Waals surface area contributed by atoms with Crippen molar-refractivity contribution in [3.05, 3.63) is 29.8 Å². The molecule has 0 unspecified atom stereocenters. The number of nitrogens with one attached hydrogen (secondary N) is 2. The lowest BCUT2D eigenvalue weighted by atomic mass is 9.96. The molecular weight excluding hydrogens is 422 g/mol. The Labute approximate surface area is 184 Å². The molecule has 0 saturated carbocycles. The fourth-order valence-electron chi connectivity index (χ4n) is 3.38. The fraction of sp³-hybridized carbons (Fsp3) is 0.619. The molecular formula is C21H33N3O4S2. The lowest BCUT2D eigenvalue weighted by molar-refractivity contribution is -0.131. The van der Waals surface area contributed by atoms with Gasteiger partial charge in [0.2, 0.25) is 21.8 Å². The summed E-state index contributed by atoms with van der Waals surface area (Å²) in [7, 11) is -3.55. The summed E-state index contributed by atoms with van der Waals surface area (Å²) in [5.74, 6) is 0.168. The topological polar surface area (TPSA) is 95.6 Å². The molecule has 1 fully saturated rings. The van der Waals surface area contributed by atoms with E-state index in [4.69, 9.17) is 0 Å². The highest BCUT2D eigenvalue weighted by molar-refractivity contribution is 7.98. The molecule has 0 spiro atoms. The van der Waals surface area contributed by atoms with Crippen molar-refractivity contribution in [1.82, 2.24) is 14.9 Å². The predicted molar refractivity (Wildman–Crippen MR) is 121 cm³/mol. The first-order valence-corrected chi connectivity index (χ1v) is 13.3. The summed E-state index contributed by atoms with van der Waals surface area (Å²) in [6.45, 7) is 5.07. The monoisotopic (exact) mass is 455 g/mol. The highest BCUT2D eigenvalue weighted by atomic mass is 32.2. The normalized spacial score (nSPS) is 16.8. The van der Waals surface area contributed by atoms with Gasteiger partial charge in [0.25, 0.3) is 0 Å². The van der Waals surface area contributed by atoms with Crippen LogP contribution < -0.4 is 10.6 Å². The lowest BCUT2D eigenvalue weighted by Crippen LogP contribution is -2.50. The van der Waals surface area contributed by atoms with Gasteiger partial charge in [0.05, 0.1) is 4.90 Å². The van der Waals surface area contributed by atoms with E-state index in [2.05, 4.69) is 10.6 Å². The molecule has 1 heterocycles. The zero-order valence-electron chi connectivity index (χ0n) is 18.0. The van der Waals surface area contributed by atoms with Gasteiger partial charge >= 0.3 is 0 Å². The maximum Gasteiger partial charge on any atom is 0.243 e. The average molecular weight is 456 g/mol. The molecule has 0 radical (unpaired) electrons. The minimum absolute atomic E-state index is 0.154. The summed E-state index contributed by atoms with van der Waals surface area (Å²) in [5, 5.41) is 5.74. The molecule has 2 amide bonds. The van der Waals surface area contributed by atoms with Crippen LogP contribution in [-0.4, -0.2) is 62.2 Å². The number of benzene rings is 1. The second-order valence-electron chi connectivity index (χ2n) is 7.63. The van der Waals surface area contributed by atoms with Crippen LogP contribution in [0.15, 0.2) is 29.2 Å². The molecule has 168 valence electrons. The molecule has 0 bridgehead atoms. The van der Waals surface area contributed by atoms with Crippen molar-refractivity contribution in [2.45, 2.75) is 50.5 Å². The van der Waals surface area contributed by atoms with Crippen LogP contribution >= 0.6 is 11.8 Å². The van der Waals surface area contributed by atoms with E-state index in [0.717, 1.165) is 17.7 Å². The molecule has 1 saturated heterocycles. The first kappa shape index (κ1) is 24.7. The second-order valence-corrected chi connectivity index (χ2v) is 10.5. The summed E-state index contributed by atoms with van der Waals surface area (Å²) >= 11 is 1.63. The molecule has 7 nitrogen and oxygen atoms in total. The van der Waals surface area contributed by atoms with Crippen molar-refractivity contribution in [2.24, 2.45) is 5.92 Å². The molecule has 0 aliphatic carbocycles. The number of nitrogens with zero attached hydrogens (tertiary/aromatic N) is 1. The van der Waals surface area contributed by atoms with Crippen LogP contribution in [0.3, 0.4) is 0 Å². The van der Waals surface area contributed by atoms with Gasteiger partial charge in [-0.05, 0) is 56.7 Å². The molecule has 2 N–H and O–H groups in total. The highest BCUT2D eigenvalue weighted by Gasteiger charge is 2.33. The third kappa shape index (κ3) is 6.72. The number of hydrogen-bond donors (Lipinski definition) is 2. The molecule has 9 heteroatoms. The van der Waals surface area contributed by atoms with Gasteiger partial charge in [-0.3, -0.25) is 9.59 Å². The number of amides is 2. The number of piperidine rings is 1. The lowest BCUT2D eigenvalue weighted by Gasteiger charge is -2.31. The van der Waals surface area contributed by atoms with Crippen LogP contribution in [-0.2, 0) is 19.6 Å². The number of thioether (sulfide) groups is 1. The molecule has 0 aromatic heterocycles.